The fraction of sp³-hybridized carbons (Fsp3) is 0.231. The van der Waals surface area contributed by atoms with Gasteiger partial charge in [0.15, 0.2) is 5.82 Å². The van der Waals surface area contributed by atoms with Gasteiger partial charge in [-0.15, -0.1) is 0 Å². The SMILES string of the molecule is Cc1nc(-c2cccc(C(F)(F)F)c2)n2c1CN=C(N)N2. The van der Waals surface area contributed by atoms with Gasteiger partial charge in [0.25, 0.3) is 0 Å². The van der Waals surface area contributed by atoms with Crippen LogP contribution in [0.25, 0.3) is 11.4 Å². The summed E-state index contributed by atoms with van der Waals surface area (Å²) in [7, 11) is 0. The van der Waals surface area contributed by atoms with Crippen LogP contribution < -0.4 is 11.2 Å². The predicted octanol–water partition coefficient (Wildman–Crippen LogP) is 2.25. The van der Waals surface area contributed by atoms with Gasteiger partial charge in [-0.05, 0) is 19.1 Å². The average molecular weight is 295 g/mol. The molecule has 1 aliphatic rings. The second-order valence-corrected chi connectivity index (χ2v) is 4.69. The zero-order valence-electron chi connectivity index (χ0n) is 11.1. The van der Waals surface area contributed by atoms with E-state index in [1.165, 1.54) is 6.07 Å². The number of nitrogens with one attached hydrogen (secondary N) is 1. The van der Waals surface area contributed by atoms with Crippen molar-refractivity contribution < 1.29 is 13.2 Å². The third-order valence-corrected chi connectivity index (χ3v) is 3.25. The van der Waals surface area contributed by atoms with E-state index in [1.54, 1.807) is 17.7 Å². The van der Waals surface area contributed by atoms with Crippen molar-refractivity contribution in [2.24, 2.45) is 10.7 Å². The maximum atomic E-state index is 12.8. The van der Waals surface area contributed by atoms with Crippen molar-refractivity contribution in [3.8, 4) is 11.4 Å². The van der Waals surface area contributed by atoms with Crippen molar-refractivity contribution in [1.29, 1.82) is 0 Å². The highest BCUT2D eigenvalue weighted by Gasteiger charge is 2.31. The molecule has 1 aromatic heterocycles. The number of hydrogen-bond acceptors (Lipinski definition) is 4. The quantitative estimate of drug-likeness (QED) is 0.848. The Hall–Kier alpha value is -2.51. The summed E-state index contributed by atoms with van der Waals surface area (Å²) in [5.74, 6) is 0.583. The molecule has 0 bridgehead atoms. The van der Waals surface area contributed by atoms with Crippen LogP contribution in [0.4, 0.5) is 13.2 Å². The molecule has 2 aromatic rings. The minimum Gasteiger partial charge on any atom is -0.369 e. The molecular formula is C13H12F3N5. The molecule has 0 amide bonds. The summed E-state index contributed by atoms with van der Waals surface area (Å²) >= 11 is 0. The van der Waals surface area contributed by atoms with E-state index in [1.807, 2.05) is 0 Å². The van der Waals surface area contributed by atoms with E-state index in [2.05, 4.69) is 15.4 Å². The van der Waals surface area contributed by atoms with Crippen LogP contribution in [-0.2, 0) is 12.7 Å². The molecule has 110 valence electrons. The number of guanidine groups is 1. The molecule has 0 fully saturated rings. The Morgan fingerprint density at radius 3 is 2.81 bits per heavy atom. The van der Waals surface area contributed by atoms with Gasteiger partial charge < -0.3 is 5.73 Å². The molecule has 21 heavy (non-hydrogen) atoms. The van der Waals surface area contributed by atoms with Crippen LogP contribution in [0.2, 0.25) is 0 Å². The topological polar surface area (TPSA) is 68.2 Å². The largest absolute Gasteiger partial charge is 0.416 e. The van der Waals surface area contributed by atoms with Crippen LogP contribution >= 0.6 is 0 Å². The number of aliphatic imine (C=N–C) groups is 1. The molecule has 0 radical (unpaired) electrons. The Morgan fingerprint density at radius 2 is 2.10 bits per heavy atom. The van der Waals surface area contributed by atoms with Crippen molar-refractivity contribution >= 4 is 5.96 Å². The standard InChI is InChI=1S/C13H12F3N5/c1-7-10-6-18-12(17)20-21(10)11(19-7)8-3-2-4-9(5-8)13(14,15)16/h2-5H,6H2,1H3,(H3,17,18,20). The van der Waals surface area contributed by atoms with Crippen LogP contribution in [0.15, 0.2) is 29.3 Å². The lowest BCUT2D eigenvalue weighted by Crippen LogP contribution is -2.35. The smallest absolute Gasteiger partial charge is 0.369 e. The Labute approximate surface area is 118 Å². The molecule has 5 nitrogen and oxygen atoms in total. The summed E-state index contributed by atoms with van der Waals surface area (Å²) in [6.07, 6.45) is -4.39. The van der Waals surface area contributed by atoms with Crippen molar-refractivity contribution in [2.45, 2.75) is 19.6 Å². The number of nitrogens with zero attached hydrogens (tertiary/aromatic N) is 3. The van der Waals surface area contributed by atoms with Gasteiger partial charge in [0, 0.05) is 5.56 Å². The molecule has 0 saturated heterocycles. The first kappa shape index (κ1) is 13.5. The predicted molar refractivity (Wildman–Crippen MR) is 72.1 cm³/mol. The van der Waals surface area contributed by atoms with Crippen molar-refractivity contribution in [1.82, 2.24) is 9.66 Å². The lowest BCUT2D eigenvalue weighted by molar-refractivity contribution is -0.137. The van der Waals surface area contributed by atoms with Gasteiger partial charge in [0.05, 0.1) is 23.5 Å². The van der Waals surface area contributed by atoms with Gasteiger partial charge in [-0.25, -0.2) is 14.7 Å². The van der Waals surface area contributed by atoms with Crippen molar-refractivity contribution in [3.63, 3.8) is 0 Å². The van der Waals surface area contributed by atoms with E-state index in [0.717, 1.165) is 17.8 Å². The number of imidazole rings is 1. The number of aryl methyl sites for hydroxylation is 1. The first-order valence-corrected chi connectivity index (χ1v) is 6.19. The van der Waals surface area contributed by atoms with E-state index >= 15 is 0 Å². The zero-order chi connectivity index (χ0) is 15.2. The molecule has 0 spiro atoms. The van der Waals surface area contributed by atoms with Crippen LogP contribution in [-0.4, -0.2) is 15.6 Å². The monoisotopic (exact) mass is 295 g/mol. The third kappa shape index (κ3) is 2.32. The summed E-state index contributed by atoms with van der Waals surface area (Å²) < 4.78 is 40.0. The number of rotatable bonds is 1. The van der Waals surface area contributed by atoms with Crippen molar-refractivity contribution in [2.75, 3.05) is 5.43 Å². The van der Waals surface area contributed by atoms with Gasteiger partial charge in [0.2, 0.25) is 5.96 Å². The maximum Gasteiger partial charge on any atom is 0.416 e. The number of aromatic nitrogens is 2. The average Bonchev–Trinajstić information content (AvgIpc) is 2.75. The highest BCUT2D eigenvalue weighted by molar-refractivity contribution is 5.87. The molecule has 2 heterocycles. The zero-order valence-corrected chi connectivity index (χ0v) is 11.1. The van der Waals surface area contributed by atoms with E-state index in [0.29, 0.717) is 23.6 Å². The molecule has 0 unspecified atom stereocenters. The second-order valence-electron chi connectivity index (χ2n) is 4.69. The Bertz CT molecular complexity index is 730. The number of fused-ring (bicyclic) bond motifs is 1. The molecule has 1 aliphatic heterocycles. The summed E-state index contributed by atoms with van der Waals surface area (Å²) in [6, 6.07) is 5.03. The fourth-order valence-corrected chi connectivity index (χ4v) is 2.21. The molecule has 8 heteroatoms. The van der Waals surface area contributed by atoms with Crippen LogP contribution in [0.5, 0.6) is 0 Å². The summed E-state index contributed by atoms with van der Waals surface area (Å²) in [4.78, 5) is 8.36. The lowest BCUT2D eigenvalue weighted by atomic mass is 10.1. The number of hydrogen-bond donors (Lipinski definition) is 2. The normalized spacial score (nSPS) is 14.4. The van der Waals surface area contributed by atoms with Crippen LogP contribution in [0.3, 0.4) is 0 Å². The molecule has 0 atom stereocenters. The van der Waals surface area contributed by atoms with E-state index in [4.69, 9.17) is 5.73 Å². The first-order valence-electron chi connectivity index (χ1n) is 6.19. The minimum absolute atomic E-state index is 0.202. The number of nitrogens with two attached hydrogens (primary N) is 1. The molecule has 1 aromatic carbocycles. The fourth-order valence-electron chi connectivity index (χ4n) is 2.21. The second kappa shape index (κ2) is 4.51. The van der Waals surface area contributed by atoms with Crippen molar-refractivity contribution in [3.05, 3.63) is 41.2 Å². The highest BCUT2D eigenvalue weighted by Crippen LogP contribution is 2.32. The lowest BCUT2D eigenvalue weighted by Gasteiger charge is -2.17. The van der Waals surface area contributed by atoms with Gasteiger partial charge in [-0.3, -0.25) is 5.43 Å². The summed E-state index contributed by atoms with van der Waals surface area (Å²) in [5.41, 5.74) is 9.54. The van der Waals surface area contributed by atoms with E-state index in [-0.39, 0.29) is 5.96 Å². The molecular weight excluding hydrogens is 283 g/mol. The third-order valence-electron chi connectivity index (χ3n) is 3.25. The molecule has 0 saturated carbocycles. The Morgan fingerprint density at radius 1 is 1.33 bits per heavy atom. The number of alkyl halides is 3. The van der Waals surface area contributed by atoms with Crippen LogP contribution in [0, 0.1) is 6.92 Å². The van der Waals surface area contributed by atoms with E-state index < -0.39 is 11.7 Å². The Kier molecular flexibility index (Phi) is 2.89. The maximum absolute atomic E-state index is 12.8. The number of halogens is 3. The minimum atomic E-state index is -4.39. The number of benzene rings is 1. The molecule has 3 rings (SSSR count). The highest BCUT2D eigenvalue weighted by atomic mass is 19.4. The van der Waals surface area contributed by atoms with Crippen LogP contribution in [0.1, 0.15) is 17.0 Å². The molecule has 0 aliphatic carbocycles. The molecule has 3 N–H and O–H groups in total. The summed E-state index contributed by atoms with van der Waals surface area (Å²) in [5, 5.41) is 0. The Balaban J connectivity index is 2.11. The van der Waals surface area contributed by atoms with Gasteiger partial charge in [0.1, 0.15) is 0 Å². The van der Waals surface area contributed by atoms with Gasteiger partial charge >= 0.3 is 6.18 Å². The van der Waals surface area contributed by atoms with Gasteiger partial charge in [-0.2, -0.15) is 13.2 Å². The van der Waals surface area contributed by atoms with E-state index in [9.17, 15) is 13.2 Å². The first-order chi connectivity index (χ1) is 9.86. The van der Waals surface area contributed by atoms with Gasteiger partial charge in [-0.1, -0.05) is 12.1 Å². The summed E-state index contributed by atoms with van der Waals surface area (Å²) in [6.45, 7) is 2.12.